The van der Waals surface area contributed by atoms with Crippen LogP contribution in [-0.2, 0) is 4.79 Å². The number of rotatable bonds is 4. The van der Waals surface area contributed by atoms with Gasteiger partial charge >= 0.3 is 0 Å². The smallest absolute Gasteiger partial charge is 0.248 e. The standard InChI is InChI=1S/C18H23N5O2/c1-12-9-13(2)20-18(19-12)22-16-7-3-6-15(21-16)14-5-4-8-23(10-14)17(25)11-24/h3,6-7,9,14,24H,4-5,8,10-11H2,1-2H3,(H,19,20,21,22)/t14-/m1/s1. The van der Waals surface area contributed by atoms with Crippen molar-refractivity contribution in [2.24, 2.45) is 0 Å². The Labute approximate surface area is 147 Å². The van der Waals surface area contributed by atoms with Gasteiger partial charge in [-0.1, -0.05) is 6.07 Å². The van der Waals surface area contributed by atoms with E-state index in [1.165, 1.54) is 0 Å². The Balaban J connectivity index is 1.76. The van der Waals surface area contributed by atoms with Gasteiger partial charge in [-0.05, 0) is 44.9 Å². The number of piperidine rings is 1. The predicted octanol–water partition coefficient (Wildman–Crippen LogP) is 1.93. The van der Waals surface area contributed by atoms with Gasteiger partial charge in [0.25, 0.3) is 0 Å². The molecule has 2 aromatic rings. The summed E-state index contributed by atoms with van der Waals surface area (Å²) in [6.07, 6.45) is 1.89. The van der Waals surface area contributed by atoms with Crippen molar-refractivity contribution in [3.8, 4) is 0 Å². The van der Waals surface area contributed by atoms with E-state index >= 15 is 0 Å². The first kappa shape index (κ1) is 17.3. The monoisotopic (exact) mass is 341 g/mol. The van der Waals surface area contributed by atoms with Crippen molar-refractivity contribution in [1.29, 1.82) is 0 Å². The number of hydrogen-bond donors (Lipinski definition) is 2. The van der Waals surface area contributed by atoms with E-state index in [1.54, 1.807) is 4.90 Å². The molecule has 2 aromatic heterocycles. The largest absolute Gasteiger partial charge is 0.387 e. The molecule has 0 unspecified atom stereocenters. The Hall–Kier alpha value is -2.54. The van der Waals surface area contributed by atoms with Crippen LogP contribution in [0.25, 0.3) is 0 Å². The first-order valence-electron chi connectivity index (χ1n) is 8.50. The second kappa shape index (κ2) is 7.57. The van der Waals surface area contributed by atoms with Gasteiger partial charge in [0.15, 0.2) is 0 Å². The average molecular weight is 341 g/mol. The molecule has 0 bridgehead atoms. The molecule has 0 aliphatic carbocycles. The second-order valence-corrected chi connectivity index (χ2v) is 6.38. The zero-order chi connectivity index (χ0) is 17.8. The fraction of sp³-hybridized carbons (Fsp3) is 0.444. The summed E-state index contributed by atoms with van der Waals surface area (Å²) in [5, 5.41) is 12.2. The molecule has 3 heterocycles. The van der Waals surface area contributed by atoms with E-state index in [-0.39, 0.29) is 11.8 Å². The lowest BCUT2D eigenvalue weighted by atomic mass is 9.94. The summed E-state index contributed by atoms with van der Waals surface area (Å²) >= 11 is 0. The topological polar surface area (TPSA) is 91.2 Å². The van der Waals surface area contributed by atoms with Crippen LogP contribution in [-0.4, -0.2) is 50.6 Å². The average Bonchev–Trinajstić information content (AvgIpc) is 2.60. The van der Waals surface area contributed by atoms with Crippen molar-refractivity contribution >= 4 is 17.7 Å². The lowest BCUT2D eigenvalue weighted by Gasteiger charge is -2.32. The Morgan fingerprint density at radius 1 is 1.28 bits per heavy atom. The third-order valence-electron chi connectivity index (χ3n) is 4.32. The van der Waals surface area contributed by atoms with Crippen LogP contribution in [0, 0.1) is 13.8 Å². The number of aromatic nitrogens is 3. The third-order valence-corrected chi connectivity index (χ3v) is 4.32. The number of hydrogen-bond acceptors (Lipinski definition) is 6. The van der Waals surface area contributed by atoms with Crippen molar-refractivity contribution in [1.82, 2.24) is 19.9 Å². The van der Waals surface area contributed by atoms with E-state index < -0.39 is 6.61 Å². The summed E-state index contributed by atoms with van der Waals surface area (Å²) in [5.41, 5.74) is 2.73. The maximum Gasteiger partial charge on any atom is 0.248 e. The predicted molar refractivity (Wildman–Crippen MR) is 94.7 cm³/mol. The van der Waals surface area contributed by atoms with Crippen molar-refractivity contribution in [3.05, 3.63) is 41.3 Å². The molecule has 0 radical (unpaired) electrons. The highest BCUT2D eigenvalue weighted by molar-refractivity contribution is 5.77. The summed E-state index contributed by atoms with van der Waals surface area (Å²) in [6.45, 7) is 4.71. The molecule has 1 aliphatic heterocycles. The lowest BCUT2D eigenvalue weighted by molar-refractivity contribution is -0.135. The molecule has 0 saturated carbocycles. The minimum absolute atomic E-state index is 0.172. The van der Waals surface area contributed by atoms with E-state index in [0.717, 1.165) is 29.9 Å². The molecule has 7 nitrogen and oxygen atoms in total. The Morgan fingerprint density at radius 3 is 2.76 bits per heavy atom. The van der Waals surface area contributed by atoms with Crippen LogP contribution in [0.1, 0.15) is 35.8 Å². The fourth-order valence-electron chi connectivity index (χ4n) is 3.19. The van der Waals surface area contributed by atoms with Crippen LogP contribution < -0.4 is 5.32 Å². The van der Waals surface area contributed by atoms with Crippen LogP contribution in [0.3, 0.4) is 0 Å². The van der Waals surface area contributed by atoms with Crippen LogP contribution in [0.2, 0.25) is 0 Å². The minimum atomic E-state index is -0.439. The number of aliphatic hydroxyl groups is 1. The van der Waals surface area contributed by atoms with Gasteiger partial charge in [0.1, 0.15) is 12.4 Å². The summed E-state index contributed by atoms with van der Waals surface area (Å²) < 4.78 is 0. The van der Waals surface area contributed by atoms with Gasteiger partial charge < -0.3 is 15.3 Å². The zero-order valence-electron chi connectivity index (χ0n) is 14.6. The SMILES string of the molecule is Cc1cc(C)nc(Nc2cccc([C@@H]3CCCN(C(=O)CO)C3)n2)n1. The summed E-state index contributed by atoms with van der Waals surface area (Å²) in [4.78, 5) is 26.9. The van der Waals surface area contributed by atoms with Crippen LogP contribution >= 0.6 is 0 Å². The van der Waals surface area contributed by atoms with Crippen molar-refractivity contribution in [3.63, 3.8) is 0 Å². The maximum absolute atomic E-state index is 11.7. The number of amides is 1. The molecule has 7 heteroatoms. The Bertz CT molecular complexity index is 745. The Kier molecular flexibility index (Phi) is 5.23. The van der Waals surface area contributed by atoms with Gasteiger partial charge in [0.05, 0.1) is 0 Å². The number of nitrogens with one attached hydrogen (secondary N) is 1. The molecular weight excluding hydrogens is 318 g/mol. The molecule has 3 rings (SSSR count). The lowest BCUT2D eigenvalue weighted by Crippen LogP contribution is -2.40. The van der Waals surface area contributed by atoms with Crippen molar-refractivity contribution < 1.29 is 9.90 Å². The van der Waals surface area contributed by atoms with Gasteiger partial charge in [0, 0.05) is 36.1 Å². The molecule has 1 amide bonds. The maximum atomic E-state index is 11.7. The molecule has 0 spiro atoms. The number of carbonyl (C=O) groups is 1. The highest BCUT2D eigenvalue weighted by atomic mass is 16.3. The van der Waals surface area contributed by atoms with E-state index in [0.29, 0.717) is 24.9 Å². The van der Waals surface area contributed by atoms with E-state index in [4.69, 9.17) is 5.11 Å². The molecule has 0 aromatic carbocycles. The highest BCUT2D eigenvalue weighted by Gasteiger charge is 2.25. The normalized spacial score (nSPS) is 17.4. The molecule has 25 heavy (non-hydrogen) atoms. The number of carbonyl (C=O) groups excluding carboxylic acids is 1. The molecule has 2 N–H and O–H groups in total. The van der Waals surface area contributed by atoms with Crippen molar-refractivity contribution in [2.75, 3.05) is 25.0 Å². The molecular formula is C18H23N5O2. The third kappa shape index (κ3) is 4.30. The zero-order valence-corrected chi connectivity index (χ0v) is 14.6. The number of likely N-dealkylation sites (tertiary alicyclic amines) is 1. The fourth-order valence-corrected chi connectivity index (χ4v) is 3.19. The Morgan fingerprint density at radius 2 is 2.04 bits per heavy atom. The van der Waals surface area contributed by atoms with Gasteiger partial charge in [-0.25, -0.2) is 15.0 Å². The first-order valence-corrected chi connectivity index (χ1v) is 8.50. The number of nitrogens with zero attached hydrogens (tertiary/aromatic N) is 4. The van der Waals surface area contributed by atoms with Crippen LogP contribution in [0.4, 0.5) is 11.8 Å². The summed E-state index contributed by atoms with van der Waals surface area (Å²) in [6, 6.07) is 7.72. The summed E-state index contributed by atoms with van der Waals surface area (Å²) in [7, 11) is 0. The van der Waals surface area contributed by atoms with Gasteiger partial charge in [-0.2, -0.15) is 0 Å². The van der Waals surface area contributed by atoms with E-state index in [2.05, 4.69) is 20.3 Å². The molecule has 1 atom stereocenters. The van der Waals surface area contributed by atoms with Gasteiger partial charge in [-0.15, -0.1) is 0 Å². The second-order valence-electron chi connectivity index (χ2n) is 6.38. The number of aryl methyl sites for hydroxylation is 2. The van der Waals surface area contributed by atoms with Crippen LogP contribution in [0.15, 0.2) is 24.3 Å². The minimum Gasteiger partial charge on any atom is -0.387 e. The number of anilines is 2. The molecule has 132 valence electrons. The quantitative estimate of drug-likeness (QED) is 0.883. The summed E-state index contributed by atoms with van der Waals surface area (Å²) in [5.74, 6) is 1.17. The van der Waals surface area contributed by atoms with E-state index in [1.807, 2.05) is 38.1 Å². The van der Waals surface area contributed by atoms with Crippen molar-refractivity contribution in [2.45, 2.75) is 32.6 Å². The first-order chi connectivity index (χ1) is 12.0. The van der Waals surface area contributed by atoms with Gasteiger partial charge in [-0.3, -0.25) is 4.79 Å². The van der Waals surface area contributed by atoms with Crippen LogP contribution in [0.5, 0.6) is 0 Å². The molecule has 1 aliphatic rings. The number of aliphatic hydroxyl groups excluding tert-OH is 1. The molecule has 1 saturated heterocycles. The van der Waals surface area contributed by atoms with E-state index in [9.17, 15) is 4.79 Å². The van der Waals surface area contributed by atoms with Gasteiger partial charge in [0.2, 0.25) is 11.9 Å². The molecule has 1 fully saturated rings. The highest BCUT2D eigenvalue weighted by Crippen LogP contribution is 2.26. The number of pyridine rings is 1.